The maximum Gasteiger partial charge on any atom is 0.573 e. The molecule has 0 aliphatic carbocycles. The van der Waals surface area contributed by atoms with Crippen LogP contribution in [0.3, 0.4) is 0 Å². The molecule has 1 aliphatic rings. The molecule has 1 aromatic carbocycles. The summed E-state index contributed by atoms with van der Waals surface area (Å²) < 4.78 is 47.6. The Labute approximate surface area is 168 Å². The van der Waals surface area contributed by atoms with Crippen molar-refractivity contribution in [1.29, 1.82) is 0 Å². The average molecular weight is 416 g/mol. The Morgan fingerprint density at radius 2 is 1.93 bits per heavy atom. The van der Waals surface area contributed by atoms with Gasteiger partial charge < -0.3 is 14.6 Å². The molecule has 1 aliphatic heterocycles. The van der Waals surface area contributed by atoms with Gasteiger partial charge in [0.05, 0.1) is 6.54 Å². The van der Waals surface area contributed by atoms with E-state index in [-0.39, 0.29) is 23.3 Å². The summed E-state index contributed by atoms with van der Waals surface area (Å²) in [5.74, 6) is 0.854. The van der Waals surface area contributed by atoms with Gasteiger partial charge in [-0.25, -0.2) is 9.67 Å². The van der Waals surface area contributed by atoms with Crippen LogP contribution in [0.4, 0.5) is 13.2 Å². The van der Waals surface area contributed by atoms with E-state index in [9.17, 15) is 13.2 Å². The number of aromatic nitrogens is 5. The highest BCUT2D eigenvalue weighted by Gasteiger charge is 2.31. The van der Waals surface area contributed by atoms with Gasteiger partial charge in [0.15, 0.2) is 0 Å². The van der Waals surface area contributed by atoms with E-state index in [1.807, 2.05) is 12.2 Å². The van der Waals surface area contributed by atoms with E-state index in [1.54, 1.807) is 17.8 Å². The molecule has 8 nitrogen and oxygen atoms in total. The summed E-state index contributed by atoms with van der Waals surface area (Å²) in [6.07, 6.45) is 0.848. The molecular weight excluding hydrogens is 401 g/mol. The van der Waals surface area contributed by atoms with Gasteiger partial charge in [-0.3, -0.25) is 0 Å². The van der Waals surface area contributed by atoms with Crippen molar-refractivity contribution in [3.8, 4) is 28.9 Å². The fraction of sp³-hybridized carbons (Fsp3) is 0.158. The summed E-state index contributed by atoms with van der Waals surface area (Å²) in [5, 5.41) is 11.2. The number of nitrogens with one attached hydrogen (secondary N) is 1. The molecule has 11 heteroatoms. The molecule has 0 amide bonds. The van der Waals surface area contributed by atoms with E-state index in [4.69, 9.17) is 4.52 Å². The fourth-order valence-electron chi connectivity index (χ4n) is 2.74. The average Bonchev–Trinajstić information content (AvgIpc) is 3.29. The van der Waals surface area contributed by atoms with Crippen molar-refractivity contribution < 1.29 is 22.4 Å². The molecule has 2 aromatic heterocycles. The van der Waals surface area contributed by atoms with Gasteiger partial charge in [-0.05, 0) is 48.9 Å². The molecule has 0 atom stereocenters. The van der Waals surface area contributed by atoms with Gasteiger partial charge in [0.25, 0.3) is 5.89 Å². The number of halogens is 3. The molecule has 3 aromatic rings. The summed E-state index contributed by atoms with van der Waals surface area (Å²) in [6.45, 7) is 6.14. The van der Waals surface area contributed by atoms with Gasteiger partial charge in [0, 0.05) is 17.5 Å². The lowest BCUT2D eigenvalue weighted by Gasteiger charge is -2.10. The number of aryl methyl sites for hydroxylation is 1. The highest BCUT2D eigenvalue weighted by Crippen LogP contribution is 2.26. The van der Waals surface area contributed by atoms with E-state index in [1.165, 1.54) is 24.3 Å². The zero-order chi connectivity index (χ0) is 21.3. The van der Waals surface area contributed by atoms with E-state index in [2.05, 4.69) is 36.9 Å². The van der Waals surface area contributed by atoms with Crippen LogP contribution in [0.1, 0.15) is 5.82 Å². The largest absolute Gasteiger partial charge is 0.573 e. The quantitative estimate of drug-likeness (QED) is 0.677. The van der Waals surface area contributed by atoms with E-state index >= 15 is 0 Å². The summed E-state index contributed by atoms with van der Waals surface area (Å²) in [6, 6.07) is 5.14. The van der Waals surface area contributed by atoms with Crippen LogP contribution in [0.5, 0.6) is 5.75 Å². The third-order valence-corrected chi connectivity index (χ3v) is 4.08. The molecule has 154 valence electrons. The number of dihydropyridines is 1. The lowest BCUT2D eigenvalue weighted by molar-refractivity contribution is -0.274. The van der Waals surface area contributed by atoms with Gasteiger partial charge in [-0.2, -0.15) is 4.98 Å². The number of hydrogen-bond acceptors (Lipinski definition) is 7. The zero-order valence-electron chi connectivity index (χ0n) is 15.6. The number of ether oxygens (including phenoxy) is 1. The second-order valence-corrected chi connectivity index (χ2v) is 6.36. The first-order chi connectivity index (χ1) is 14.3. The highest BCUT2D eigenvalue weighted by molar-refractivity contribution is 5.57. The minimum absolute atomic E-state index is 0.0988. The Balaban J connectivity index is 1.52. The molecule has 0 spiro atoms. The van der Waals surface area contributed by atoms with E-state index in [0.29, 0.717) is 17.9 Å². The van der Waals surface area contributed by atoms with Gasteiger partial charge in [-0.1, -0.05) is 11.7 Å². The third kappa shape index (κ3) is 4.40. The van der Waals surface area contributed by atoms with Crippen molar-refractivity contribution in [2.45, 2.75) is 19.8 Å². The number of allylic oxidation sites excluding steroid dienone is 3. The third-order valence-electron chi connectivity index (χ3n) is 4.08. The number of rotatable bonds is 5. The Kier molecular flexibility index (Phi) is 4.86. The first-order valence-corrected chi connectivity index (χ1v) is 8.71. The van der Waals surface area contributed by atoms with Gasteiger partial charge >= 0.3 is 6.36 Å². The molecule has 3 heterocycles. The second-order valence-electron chi connectivity index (χ2n) is 6.36. The maximum absolute atomic E-state index is 12.3. The van der Waals surface area contributed by atoms with Crippen LogP contribution in [-0.2, 0) is 6.54 Å². The normalized spacial score (nSPS) is 13.9. The van der Waals surface area contributed by atoms with Gasteiger partial charge in [-0.15, -0.1) is 18.3 Å². The molecule has 0 saturated carbocycles. The summed E-state index contributed by atoms with van der Waals surface area (Å²) in [7, 11) is 0. The minimum Gasteiger partial charge on any atom is -0.406 e. The molecule has 0 bridgehead atoms. The van der Waals surface area contributed by atoms with Crippen LogP contribution in [0, 0.1) is 6.92 Å². The molecule has 0 unspecified atom stereocenters. The molecule has 1 N–H and O–H groups in total. The second kappa shape index (κ2) is 7.50. The van der Waals surface area contributed by atoms with E-state index < -0.39 is 6.36 Å². The highest BCUT2D eigenvalue weighted by atomic mass is 19.4. The molecule has 0 radical (unpaired) electrons. The Morgan fingerprint density at radius 3 is 2.63 bits per heavy atom. The Bertz CT molecular complexity index is 1140. The van der Waals surface area contributed by atoms with Crippen LogP contribution in [0.25, 0.3) is 23.1 Å². The van der Waals surface area contributed by atoms with Crippen molar-refractivity contribution >= 4 is 0 Å². The number of alkyl halides is 3. The molecule has 0 saturated heterocycles. The molecular formula is C19H15F3N6O2. The maximum atomic E-state index is 12.3. The van der Waals surface area contributed by atoms with Crippen molar-refractivity contribution in [1.82, 2.24) is 30.2 Å². The van der Waals surface area contributed by atoms with Crippen LogP contribution >= 0.6 is 0 Å². The van der Waals surface area contributed by atoms with Gasteiger partial charge in [0.1, 0.15) is 11.6 Å². The SMILES string of the molecule is C=C1C=C(Cn2nc(-c3nc(-c4ccc(OC(F)(F)F)cc4)no3)nc2C)C=CN1. The zero-order valence-corrected chi connectivity index (χ0v) is 15.6. The topological polar surface area (TPSA) is 90.9 Å². The molecule has 0 fully saturated rings. The van der Waals surface area contributed by atoms with Crippen molar-refractivity contribution in [3.63, 3.8) is 0 Å². The number of hydrogen-bond donors (Lipinski definition) is 1. The monoisotopic (exact) mass is 416 g/mol. The summed E-state index contributed by atoms with van der Waals surface area (Å²) >= 11 is 0. The molecule has 30 heavy (non-hydrogen) atoms. The predicted octanol–water partition coefficient (Wildman–Crippen LogP) is 3.76. The summed E-state index contributed by atoms with van der Waals surface area (Å²) in [5.41, 5.74) is 2.23. The van der Waals surface area contributed by atoms with Crippen LogP contribution in [0.15, 0.2) is 65.0 Å². The van der Waals surface area contributed by atoms with Crippen molar-refractivity contribution in [2.75, 3.05) is 0 Å². The molecule has 4 rings (SSSR count). The number of nitrogens with zero attached hydrogens (tertiary/aromatic N) is 5. The number of benzene rings is 1. The first kappa shape index (κ1) is 19.4. The van der Waals surface area contributed by atoms with Crippen molar-refractivity contribution in [2.24, 2.45) is 0 Å². The fourth-order valence-corrected chi connectivity index (χ4v) is 2.74. The van der Waals surface area contributed by atoms with Gasteiger partial charge in [0.2, 0.25) is 11.6 Å². The standard InChI is InChI=1S/C19H15F3N6O2/c1-11-9-13(7-8-23-11)10-28-12(2)24-17(26-28)18-25-16(27-30-18)14-3-5-15(6-4-14)29-19(20,21)22/h3-9,23H,1,10H2,2H3. The van der Waals surface area contributed by atoms with Crippen molar-refractivity contribution in [3.05, 3.63) is 66.3 Å². The predicted molar refractivity (Wildman–Crippen MR) is 99.7 cm³/mol. The van der Waals surface area contributed by atoms with Crippen LogP contribution < -0.4 is 10.1 Å². The smallest absolute Gasteiger partial charge is 0.406 e. The lowest BCUT2D eigenvalue weighted by atomic mass is 10.2. The summed E-state index contributed by atoms with van der Waals surface area (Å²) in [4.78, 5) is 8.58. The first-order valence-electron chi connectivity index (χ1n) is 8.71. The minimum atomic E-state index is -4.75. The van der Waals surface area contributed by atoms with Crippen LogP contribution in [0.2, 0.25) is 0 Å². The Morgan fingerprint density at radius 1 is 1.17 bits per heavy atom. The lowest BCUT2D eigenvalue weighted by Crippen LogP contribution is -2.16. The van der Waals surface area contributed by atoms with E-state index in [0.717, 1.165) is 11.3 Å². The van der Waals surface area contributed by atoms with Crippen LogP contribution in [-0.4, -0.2) is 31.3 Å². The Hall–Kier alpha value is -3.89.